The summed E-state index contributed by atoms with van der Waals surface area (Å²) in [6, 6.07) is 108. The molecule has 2 aliphatic carbocycles. The van der Waals surface area contributed by atoms with Crippen LogP contribution in [-0.4, -0.2) is 58.2 Å². The molecule has 0 radical (unpaired) electrons. The first-order chi connectivity index (χ1) is 54.4. The molecule has 10 nitrogen and oxygen atoms in total. The van der Waals surface area contributed by atoms with Crippen LogP contribution >= 0.6 is 0 Å². The second-order valence-corrected chi connectivity index (χ2v) is 29.1. The Balaban J connectivity index is 0.637. The van der Waals surface area contributed by atoms with Crippen molar-refractivity contribution in [1.82, 2.24) is 39.9 Å². The predicted molar refractivity (Wildman–Crippen MR) is 451 cm³/mol. The van der Waals surface area contributed by atoms with Gasteiger partial charge in [0, 0.05) is 62.5 Å². The smallest absolute Gasteiger partial charge is 0.399 e. The number of pyridine rings is 2. The SMILES string of the molecule is CC1(C)OB(c2cc(-c3ccccc3-c3ccc(-c4ccc(-c5nc(C6=CCCC(c7ccccc7)=C6)nc(-c6cccc(-c7ccccc7)c6)n5)cn4)cc3)cc(-c3ccccc3-c3ccc(-c4ccc(-c5nc(C6=CC(c7ccccc7)=C=C=C6)nc(-c6cccc(-c7ccccc7)c6)n5)cn4)cc3)c2)OC1(C)C. The first-order valence-corrected chi connectivity index (χ1v) is 37.6. The van der Waals surface area contributed by atoms with Crippen molar-refractivity contribution >= 4 is 34.9 Å². The van der Waals surface area contributed by atoms with Gasteiger partial charge in [0.15, 0.2) is 34.9 Å². The Hall–Kier alpha value is -13.8. The van der Waals surface area contributed by atoms with Crippen LogP contribution in [0.5, 0.6) is 0 Å². The second-order valence-electron chi connectivity index (χ2n) is 29.1. The normalized spacial score (nSPS) is 14.1. The Morgan fingerprint density at radius 3 is 1.14 bits per heavy atom. The van der Waals surface area contributed by atoms with Gasteiger partial charge in [-0.25, -0.2) is 29.9 Å². The van der Waals surface area contributed by atoms with Crippen LogP contribution in [0.3, 0.4) is 0 Å². The van der Waals surface area contributed by atoms with Gasteiger partial charge in [-0.1, -0.05) is 284 Å². The van der Waals surface area contributed by atoms with Crippen molar-refractivity contribution in [2.24, 2.45) is 0 Å². The second kappa shape index (κ2) is 29.8. The summed E-state index contributed by atoms with van der Waals surface area (Å²) in [6.45, 7) is 8.41. The van der Waals surface area contributed by atoms with E-state index in [2.05, 4.69) is 300 Å². The minimum absolute atomic E-state index is 0.508. The lowest BCUT2D eigenvalue weighted by Gasteiger charge is -2.32. The fraction of sp³-hybridized carbons (Fsp3) is 0.0800. The Morgan fingerprint density at radius 1 is 0.306 bits per heavy atom. The van der Waals surface area contributed by atoms with E-state index in [-0.39, 0.29) is 0 Å². The van der Waals surface area contributed by atoms with Crippen LogP contribution in [0.2, 0.25) is 0 Å². The van der Waals surface area contributed by atoms with E-state index in [0.717, 1.165) is 152 Å². The molecule has 0 unspecified atom stereocenters. The molecule has 15 aromatic rings. The zero-order valence-corrected chi connectivity index (χ0v) is 61.8. The van der Waals surface area contributed by atoms with Crippen LogP contribution in [-0.2, 0) is 9.31 Å². The summed E-state index contributed by atoms with van der Waals surface area (Å²) in [7, 11) is -0.615. The molecule has 18 rings (SSSR count). The predicted octanol–water partition coefficient (Wildman–Crippen LogP) is 23.2. The maximum Gasteiger partial charge on any atom is 0.494 e. The van der Waals surface area contributed by atoms with Gasteiger partial charge in [0.1, 0.15) is 0 Å². The molecule has 0 atom stereocenters. The lowest BCUT2D eigenvalue weighted by atomic mass is 9.75. The fourth-order valence-electron chi connectivity index (χ4n) is 14.6. The molecule has 11 heteroatoms. The van der Waals surface area contributed by atoms with Crippen LogP contribution < -0.4 is 5.46 Å². The molecule has 1 aliphatic heterocycles. The number of allylic oxidation sites excluding steroid dienone is 8. The molecular weight excluding hydrogens is 1360 g/mol. The van der Waals surface area contributed by atoms with Crippen molar-refractivity contribution < 1.29 is 9.31 Å². The van der Waals surface area contributed by atoms with Crippen molar-refractivity contribution in [2.75, 3.05) is 0 Å². The van der Waals surface area contributed by atoms with Gasteiger partial charge in [0.05, 0.1) is 22.6 Å². The number of hydrogen-bond acceptors (Lipinski definition) is 10. The van der Waals surface area contributed by atoms with Gasteiger partial charge in [-0.2, -0.15) is 0 Å². The first-order valence-electron chi connectivity index (χ1n) is 37.6. The molecule has 1 saturated heterocycles. The monoisotopic (exact) mass is 1430 g/mol. The Morgan fingerprint density at radius 2 is 0.676 bits per heavy atom. The van der Waals surface area contributed by atoms with Gasteiger partial charge in [0.2, 0.25) is 0 Å². The van der Waals surface area contributed by atoms with Crippen LogP contribution in [0.4, 0.5) is 0 Å². The summed E-state index contributed by atoms with van der Waals surface area (Å²) >= 11 is 0. The number of aromatic nitrogens is 8. The summed E-state index contributed by atoms with van der Waals surface area (Å²) in [5.41, 5.74) is 32.3. The molecule has 3 aliphatic rings. The molecular formula is C100H73BN8O2. The van der Waals surface area contributed by atoms with E-state index >= 15 is 0 Å². The highest BCUT2D eigenvalue weighted by Gasteiger charge is 2.52. The summed E-state index contributed by atoms with van der Waals surface area (Å²) in [5, 5.41) is 0. The summed E-state index contributed by atoms with van der Waals surface area (Å²) in [4.78, 5) is 41.0. The third-order valence-electron chi connectivity index (χ3n) is 21.3. The topological polar surface area (TPSA) is 122 Å². The largest absolute Gasteiger partial charge is 0.494 e. The van der Waals surface area contributed by atoms with Crippen LogP contribution in [0.25, 0.3) is 157 Å². The molecule has 0 bridgehead atoms. The van der Waals surface area contributed by atoms with Crippen molar-refractivity contribution in [3.8, 4) is 135 Å². The first kappa shape index (κ1) is 69.0. The molecule has 1 fully saturated rings. The molecule has 0 N–H and O–H groups in total. The molecule has 0 amide bonds. The van der Waals surface area contributed by atoms with Gasteiger partial charge in [-0.15, -0.1) is 0 Å². The maximum absolute atomic E-state index is 6.85. The van der Waals surface area contributed by atoms with E-state index in [1.165, 1.54) is 11.1 Å². The molecule has 4 aromatic heterocycles. The van der Waals surface area contributed by atoms with Crippen molar-refractivity contribution in [3.63, 3.8) is 0 Å². The van der Waals surface area contributed by atoms with Gasteiger partial charge >= 0.3 is 7.12 Å². The molecule has 11 aromatic carbocycles. The van der Waals surface area contributed by atoms with Gasteiger partial charge in [0.25, 0.3) is 0 Å². The van der Waals surface area contributed by atoms with E-state index in [0.29, 0.717) is 34.9 Å². The highest BCUT2D eigenvalue weighted by atomic mass is 16.7. The highest BCUT2D eigenvalue weighted by molar-refractivity contribution is 6.62. The lowest BCUT2D eigenvalue weighted by molar-refractivity contribution is 0.00578. The third-order valence-corrected chi connectivity index (χ3v) is 21.3. The average Bonchev–Trinajstić information content (AvgIpc) is 1.67. The molecule has 5 heterocycles. The minimum Gasteiger partial charge on any atom is -0.399 e. The Labute approximate surface area is 647 Å². The molecule has 0 saturated carbocycles. The van der Waals surface area contributed by atoms with Gasteiger partial charge < -0.3 is 9.31 Å². The maximum atomic E-state index is 6.85. The number of hydrogen-bond donors (Lipinski definition) is 0. The number of benzene rings is 11. The third kappa shape index (κ3) is 14.4. The summed E-state index contributed by atoms with van der Waals surface area (Å²) < 4.78 is 13.7. The highest BCUT2D eigenvalue weighted by Crippen LogP contribution is 2.43. The molecule has 111 heavy (non-hydrogen) atoms. The van der Waals surface area contributed by atoms with E-state index in [1.807, 2.05) is 85.2 Å². The zero-order valence-electron chi connectivity index (χ0n) is 61.8. The van der Waals surface area contributed by atoms with E-state index in [9.17, 15) is 0 Å². The van der Waals surface area contributed by atoms with Crippen molar-refractivity contribution in [3.05, 3.63) is 380 Å². The van der Waals surface area contributed by atoms with E-state index in [1.54, 1.807) is 0 Å². The van der Waals surface area contributed by atoms with E-state index in [4.69, 9.17) is 49.2 Å². The molecule has 528 valence electrons. The van der Waals surface area contributed by atoms with Crippen LogP contribution in [0.1, 0.15) is 63.3 Å². The summed E-state index contributed by atoms with van der Waals surface area (Å²) in [5.74, 6) is 3.36. The van der Waals surface area contributed by atoms with Crippen LogP contribution in [0, 0.1) is 0 Å². The quantitative estimate of drug-likeness (QED) is 0.0643. The Bertz CT molecular complexity index is 6230. The van der Waals surface area contributed by atoms with Crippen molar-refractivity contribution in [1.29, 1.82) is 0 Å². The lowest BCUT2D eigenvalue weighted by Crippen LogP contribution is -2.41. The van der Waals surface area contributed by atoms with E-state index < -0.39 is 18.3 Å². The van der Waals surface area contributed by atoms with Crippen molar-refractivity contribution in [2.45, 2.75) is 51.7 Å². The summed E-state index contributed by atoms with van der Waals surface area (Å²) in [6.07, 6.45) is 13.9. The Kier molecular flexibility index (Phi) is 18.5. The zero-order chi connectivity index (χ0) is 74.8. The average molecular weight is 1430 g/mol. The van der Waals surface area contributed by atoms with Gasteiger partial charge in [-0.3, -0.25) is 9.97 Å². The minimum atomic E-state index is -0.615. The fourth-order valence-corrected chi connectivity index (χ4v) is 14.6. The standard InChI is InChI=1S/C100H73BN8O2/c1-99(2)100(3,4)111-101(110-99)86-62-84(89-43-19-17-41-87(89)70-45-49-72(50-46-70)91-55-53-82(64-102-91)97-106-93(78-37-21-33-74(57-78)66-25-9-5-10-26-66)104-94(107-97)79-38-22-34-75(58-79)67-27-11-6-12-28-67)61-85(63-86)90-44-20-18-42-88(90)71-47-51-73(52-48-71)92-56-54-83(65-103-92)98-108-95(80-39-23-35-76(59-80)68-29-13-7-14-30-68)105-96(109-98)81-40-24-36-77(60-81)69-31-15-8-16-32-69/h5-21,23,25-33,35,37-65H,22,34H2,1-4H3. The number of rotatable bonds is 17. The van der Waals surface area contributed by atoms with Crippen LogP contribution in [0.15, 0.2) is 358 Å². The molecule has 0 spiro atoms. The number of nitrogens with zero attached hydrogens (tertiary/aromatic N) is 8. The van der Waals surface area contributed by atoms with Gasteiger partial charge in [-0.05, 0) is 190 Å².